The summed E-state index contributed by atoms with van der Waals surface area (Å²) >= 11 is 0. The molecule has 3 aliphatic carbocycles. The molecule has 3 aliphatic rings. The Morgan fingerprint density at radius 1 is 1.10 bits per heavy atom. The Morgan fingerprint density at radius 2 is 1.90 bits per heavy atom. The Labute approximate surface area is 184 Å². The molecule has 0 bridgehead atoms. The Bertz CT molecular complexity index is 970. The molecule has 2 saturated carbocycles. The van der Waals surface area contributed by atoms with Crippen LogP contribution in [0.4, 0.5) is 0 Å². The van der Waals surface area contributed by atoms with Crippen molar-refractivity contribution in [1.29, 1.82) is 0 Å². The second-order valence-corrected chi connectivity index (χ2v) is 10.0. The van der Waals surface area contributed by atoms with E-state index in [-0.39, 0.29) is 12.4 Å². The van der Waals surface area contributed by atoms with Crippen LogP contribution in [-0.4, -0.2) is 22.0 Å². The van der Waals surface area contributed by atoms with Crippen molar-refractivity contribution < 1.29 is 19.7 Å². The van der Waals surface area contributed by atoms with Gasteiger partial charge in [0.05, 0.1) is 0 Å². The van der Waals surface area contributed by atoms with Gasteiger partial charge in [-0.15, -0.1) is 0 Å². The maximum absolute atomic E-state index is 12.7. The van der Waals surface area contributed by atoms with Crippen LogP contribution >= 0.6 is 0 Å². The van der Waals surface area contributed by atoms with Crippen molar-refractivity contribution in [2.24, 2.45) is 17.3 Å². The molecule has 164 valence electrons. The first-order valence-corrected chi connectivity index (χ1v) is 11.7. The van der Waals surface area contributed by atoms with Crippen molar-refractivity contribution in [3.05, 3.63) is 65.2 Å². The summed E-state index contributed by atoms with van der Waals surface area (Å²) in [6.07, 6.45) is 6.21. The van der Waals surface area contributed by atoms with Crippen LogP contribution in [0, 0.1) is 17.3 Å². The lowest BCUT2D eigenvalue weighted by Gasteiger charge is -2.52. The number of phenols is 1. The van der Waals surface area contributed by atoms with Crippen molar-refractivity contribution in [3.8, 4) is 5.75 Å². The molecule has 2 N–H and O–H groups in total. The van der Waals surface area contributed by atoms with E-state index in [9.17, 15) is 15.0 Å². The SMILES string of the molecule is C[C@]12CC[C@@H]3c4ccc(O)cc4CC[C@H]3[C@@H]1CC[C@]2(O)OC(=O)CCc1ccccc1. The molecule has 31 heavy (non-hydrogen) atoms. The van der Waals surface area contributed by atoms with Gasteiger partial charge >= 0.3 is 5.97 Å². The minimum absolute atomic E-state index is 0.288. The van der Waals surface area contributed by atoms with E-state index in [1.165, 1.54) is 11.1 Å². The summed E-state index contributed by atoms with van der Waals surface area (Å²) in [5, 5.41) is 21.4. The molecule has 2 fully saturated rings. The van der Waals surface area contributed by atoms with E-state index < -0.39 is 11.2 Å². The molecule has 2 aromatic rings. The molecule has 0 heterocycles. The fourth-order valence-corrected chi connectivity index (χ4v) is 6.84. The molecule has 4 heteroatoms. The number of aromatic hydroxyl groups is 1. The zero-order chi connectivity index (χ0) is 21.6. The van der Waals surface area contributed by atoms with Gasteiger partial charge in [0.25, 0.3) is 0 Å². The summed E-state index contributed by atoms with van der Waals surface area (Å²) in [5.74, 6) is -0.0205. The number of aryl methyl sites for hydroxylation is 2. The molecule has 2 aromatic carbocycles. The van der Waals surface area contributed by atoms with Crippen LogP contribution in [0.5, 0.6) is 5.75 Å². The number of fused-ring (bicyclic) bond motifs is 5. The van der Waals surface area contributed by atoms with Crippen LogP contribution in [0.1, 0.15) is 68.1 Å². The van der Waals surface area contributed by atoms with Gasteiger partial charge in [0.15, 0.2) is 0 Å². The average Bonchev–Trinajstić information content (AvgIpc) is 3.03. The van der Waals surface area contributed by atoms with Gasteiger partial charge < -0.3 is 14.9 Å². The van der Waals surface area contributed by atoms with Crippen LogP contribution in [0.25, 0.3) is 0 Å². The van der Waals surface area contributed by atoms with Gasteiger partial charge in [0.1, 0.15) is 5.75 Å². The summed E-state index contributed by atoms with van der Waals surface area (Å²) in [6, 6.07) is 15.7. The second kappa shape index (κ2) is 7.67. The molecule has 0 spiro atoms. The molecule has 0 aromatic heterocycles. The summed E-state index contributed by atoms with van der Waals surface area (Å²) in [4.78, 5) is 12.7. The van der Waals surface area contributed by atoms with E-state index in [2.05, 4.69) is 13.0 Å². The minimum Gasteiger partial charge on any atom is -0.508 e. The number of carbonyl (C=O) groups is 1. The Hall–Kier alpha value is -2.33. The standard InChI is InChI=1S/C27H32O4/c1-26-15-13-22-21-11-9-20(28)17-19(21)8-10-23(22)24(26)14-16-27(26,30)31-25(29)12-7-18-5-3-2-4-6-18/h2-6,9,11,17,22-24,28,30H,7-8,10,12-16H2,1H3/t22-,23-,24+,26+,27+/m1/s1. The average molecular weight is 421 g/mol. The van der Waals surface area contributed by atoms with Gasteiger partial charge in [0.2, 0.25) is 5.79 Å². The number of hydrogen-bond donors (Lipinski definition) is 2. The molecule has 0 aliphatic heterocycles. The molecule has 5 atom stereocenters. The first-order chi connectivity index (χ1) is 14.9. The molecule has 4 nitrogen and oxygen atoms in total. The van der Waals surface area contributed by atoms with Gasteiger partial charge in [-0.3, -0.25) is 4.79 Å². The molecule has 0 radical (unpaired) electrons. The van der Waals surface area contributed by atoms with Gasteiger partial charge in [-0.2, -0.15) is 0 Å². The lowest BCUT2D eigenvalue weighted by molar-refractivity contribution is -0.260. The summed E-state index contributed by atoms with van der Waals surface area (Å²) in [5.41, 5.74) is 3.34. The number of benzene rings is 2. The van der Waals surface area contributed by atoms with Gasteiger partial charge in [0, 0.05) is 18.3 Å². The largest absolute Gasteiger partial charge is 0.508 e. The minimum atomic E-state index is -1.37. The first kappa shape index (κ1) is 20.6. The van der Waals surface area contributed by atoms with Crippen molar-refractivity contribution >= 4 is 5.97 Å². The summed E-state index contributed by atoms with van der Waals surface area (Å²) < 4.78 is 5.84. The van der Waals surface area contributed by atoms with Gasteiger partial charge in [-0.05, 0) is 85.1 Å². The first-order valence-electron chi connectivity index (χ1n) is 11.7. The van der Waals surface area contributed by atoms with E-state index >= 15 is 0 Å². The second-order valence-electron chi connectivity index (χ2n) is 10.0. The fraction of sp³-hybridized carbons (Fsp3) is 0.519. The molecule has 0 unspecified atom stereocenters. The number of hydrogen-bond acceptors (Lipinski definition) is 4. The predicted octanol–water partition coefficient (Wildman–Crippen LogP) is 5.11. The van der Waals surface area contributed by atoms with Crippen LogP contribution < -0.4 is 0 Å². The van der Waals surface area contributed by atoms with Crippen LogP contribution in [0.2, 0.25) is 0 Å². The smallest absolute Gasteiger partial charge is 0.308 e. The van der Waals surface area contributed by atoms with Crippen molar-refractivity contribution in [3.63, 3.8) is 0 Å². The summed E-state index contributed by atoms with van der Waals surface area (Å²) in [7, 11) is 0. The van der Waals surface area contributed by atoms with Crippen LogP contribution in [0.3, 0.4) is 0 Å². The number of rotatable bonds is 4. The zero-order valence-corrected chi connectivity index (χ0v) is 18.2. The molecule has 0 saturated heterocycles. The van der Waals surface area contributed by atoms with Crippen LogP contribution in [0.15, 0.2) is 48.5 Å². The highest BCUT2D eigenvalue weighted by molar-refractivity contribution is 5.70. The highest BCUT2D eigenvalue weighted by Gasteiger charge is 2.63. The van der Waals surface area contributed by atoms with Crippen molar-refractivity contribution in [2.75, 3.05) is 0 Å². The highest BCUT2D eigenvalue weighted by atomic mass is 16.7. The maximum Gasteiger partial charge on any atom is 0.308 e. The van der Waals surface area contributed by atoms with Gasteiger partial charge in [-0.1, -0.05) is 43.3 Å². The lowest BCUT2D eigenvalue weighted by Crippen LogP contribution is -2.53. The normalized spacial score (nSPS) is 33.8. The number of aliphatic hydroxyl groups is 1. The molecular formula is C27H32O4. The van der Waals surface area contributed by atoms with Gasteiger partial charge in [-0.25, -0.2) is 0 Å². The predicted molar refractivity (Wildman–Crippen MR) is 119 cm³/mol. The Kier molecular flexibility index (Phi) is 5.09. The molecule has 0 amide bonds. The molecular weight excluding hydrogens is 388 g/mol. The Morgan fingerprint density at radius 3 is 2.71 bits per heavy atom. The van der Waals surface area contributed by atoms with E-state index in [0.29, 0.717) is 36.3 Å². The summed E-state index contributed by atoms with van der Waals surface area (Å²) in [6.45, 7) is 2.14. The number of ether oxygens (including phenoxy) is 1. The highest BCUT2D eigenvalue weighted by Crippen LogP contribution is 2.64. The topological polar surface area (TPSA) is 66.8 Å². The van der Waals surface area contributed by atoms with Crippen molar-refractivity contribution in [1.82, 2.24) is 0 Å². The number of phenolic OH excluding ortho intramolecular Hbond substituents is 1. The Balaban J connectivity index is 1.30. The third-order valence-electron chi connectivity index (χ3n) is 8.53. The number of esters is 1. The van der Waals surface area contributed by atoms with E-state index in [1.807, 2.05) is 36.4 Å². The fourth-order valence-electron chi connectivity index (χ4n) is 6.84. The van der Waals surface area contributed by atoms with Crippen molar-refractivity contribution in [2.45, 2.75) is 70.0 Å². The number of carbonyl (C=O) groups excluding carboxylic acids is 1. The third kappa shape index (κ3) is 3.45. The monoisotopic (exact) mass is 420 g/mol. The lowest BCUT2D eigenvalue weighted by atomic mass is 9.55. The van der Waals surface area contributed by atoms with E-state index in [0.717, 1.165) is 37.7 Å². The zero-order valence-electron chi connectivity index (χ0n) is 18.2. The molecule has 5 rings (SSSR count). The van der Waals surface area contributed by atoms with E-state index in [1.54, 1.807) is 6.07 Å². The van der Waals surface area contributed by atoms with Crippen LogP contribution in [-0.2, 0) is 22.4 Å². The maximum atomic E-state index is 12.7. The quantitative estimate of drug-likeness (QED) is 0.533. The third-order valence-corrected chi connectivity index (χ3v) is 8.53. The van der Waals surface area contributed by atoms with E-state index in [4.69, 9.17) is 4.74 Å².